The monoisotopic (exact) mass is 505 g/mol. The van der Waals surface area contributed by atoms with E-state index < -0.39 is 0 Å². The summed E-state index contributed by atoms with van der Waals surface area (Å²) < 4.78 is 8.04. The van der Waals surface area contributed by atoms with Crippen LogP contribution in [0.4, 0.5) is 11.6 Å². The summed E-state index contributed by atoms with van der Waals surface area (Å²) in [4.78, 5) is 25.1. The highest BCUT2D eigenvalue weighted by molar-refractivity contribution is 5.97. The van der Waals surface area contributed by atoms with Crippen LogP contribution < -0.4 is 20.3 Å². The Balaban J connectivity index is 1.59. The average Bonchev–Trinajstić information content (AvgIpc) is 3.51. The molecule has 1 amide bonds. The van der Waals surface area contributed by atoms with Gasteiger partial charge in [0.2, 0.25) is 0 Å². The fraction of sp³-hybridized carbons (Fsp3) is 0.536. The number of amides is 1. The number of aromatic nitrogens is 3. The van der Waals surface area contributed by atoms with E-state index in [-0.39, 0.29) is 18.0 Å². The highest BCUT2D eigenvalue weighted by atomic mass is 16.5. The Morgan fingerprint density at radius 1 is 1.11 bits per heavy atom. The highest BCUT2D eigenvalue weighted by Gasteiger charge is 2.28. The third kappa shape index (κ3) is 5.09. The minimum atomic E-state index is -0.197. The molecule has 198 valence electrons. The molecule has 2 bridgehead atoms. The number of hydrogen-bond acceptors (Lipinski definition) is 7. The molecule has 2 aliphatic heterocycles. The SMILES string of the molecule is CC[C@H]1c2cc3nc(N4CC[C@H](N)C4)cc(n3n2)N(C)CCCCCOc2ccc(C)cc2C(=O)N1C. The molecule has 9 nitrogen and oxygen atoms in total. The molecule has 1 fully saturated rings. The van der Waals surface area contributed by atoms with Crippen LogP contribution in [0.2, 0.25) is 0 Å². The van der Waals surface area contributed by atoms with Gasteiger partial charge in [0.15, 0.2) is 5.65 Å². The Kier molecular flexibility index (Phi) is 7.24. The molecule has 0 saturated carbocycles. The van der Waals surface area contributed by atoms with Crippen molar-refractivity contribution in [1.82, 2.24) is 19.5 Å². The first kappa shape index (κ1) is 25.3. The van der Waals surface area contributed by atoms with E-state index in [1.54, 1.807) is 4.90 Å². The summed E-state index contributed by atoms with van der Waals surface area (Å²) in [6, 6.07) is 9.97. The van der Waals surface area contributed by atoms with Crippen molar-refractivity contribution in [2.45, 2.75) is 58.0 Å². The lowest BCUT2D eigenvalue weighted by Gasteiger charge is -2.27. The molecule has 2 aliphatic rings. The van der Waals surface area contributed by atoms with Gasteiger partial charge in [-0.3, -0.25) is 4.79 Å². The molecule has 0 radical (unpaired) electrons. The Hall–Kier alpha value is -3.33. The Bertz CT molecular complexity index is 1270. The van der Waals surface area contributed by atoms with Crippen molar-refractivity contribution in [2.24, 2.45) is 5.73 Å². The molecular formula is C28H39N7O2. The molecule has 2 atom stereocenters. The zero-order valence-electron chi connectivity index (χ0n) is 22.5. The van der Waals surface area contributed by atoms with E-state index in [4.69, 9.17) is 20.6 Å². The lowest BCUT2D eigenvalue weighted by molar-refractivity contribution is 0.0718. The number of carbonyl (C=O) groups is 1. The molecule has 3 aromatic rings. The topological polar surface area (TPSA) is 92.2 Å². The first-order valence-corrected chi connectivity index (χ1v) is 13.5. The zero-order valence-corrected chi connectivity index (χ0v) is 22.5. The quantitative estimate of drug-likeness (QED) is 0.566. The summed E-state index contributed by atoms with van der Waals surface area (Å²) in [5, 5.41) is 5.01. The lowest BCUT2D eigenvalue weighted by atomic mass is 10.1. The molecule has 0 spiro atoms. The van der Waals surface area contributed by atoms with Gasteiger partial charge in [-0.25, -0.2) is 4.98 Å². The number of ether oxygens (including phenoxy) is 1. The van der Waals surface area contributed by atoms with Crippen LogP contribution in [0.5, 0.6) is 5.75 Å². The summed E-state index contributed by atoms with van der Waals surface area (Å²) in [5.74, 6) is 2.52. The molecule has 1 aromatic carbocycles. The van der Waals surface area contributed by atoms with Gasteiger partial charge in [-0.05, 0) is 51.2 Å². The average molecular weight is 506 g/mol. The fourth-order valence-electron chi connectivity index (χ4n) is 5.43. The van der Waals surface area contributed by atoms with Gasteiger partial charge in [-0.2, -0.15) is 9.61 Å². The van der Waals surface area contributed by atoms with Gasteiger partial charge in [-0.15, -0.1) is 0 Å². The van der Waals surface area contributed by atoms with Crippen LogP contribution in [-0.4, -0.2) is 71.8 Å². The van der Waals surface area contributed by atoms with E-state index in [0.29, 0.717) is 17.9 Å². The van der Waals surface area contributed by atoms with Crippen molar-refractivity contribution in [1.29, 1.82) is 0 Å². The number of nitrogens with two attached hydrogens (primary N) is 1. The van der Waals surface area contributed by atoms with E-state index in [2.05, 4.69) is 29.8 Å². The number of fused-ring (bicyclic) bond motifs is 2. The smallest absolute Gasteiger partial charge is 0.257 e. The second-order valence-corrected chi connectivity index (χ2v) is 10.5. The number of aryl methyl sites for hydroxylation is 1. The molecular weight excluding hydrogens is 466 g/mol. The second-order valence-electron chi connectivity index (χ2n) is 10.5. The summed E-state index contributed by atoms with van der Waals surface area (Å²) in [5.41, 5.74) is 9.46. The van der Waals surface area contributed by atoms with Gasteiger partial charge in [0.1, 0.15) is 17.4 Å². The van der Waals surface area contributed by atoms with E-state index in [9.17, 15) is 4.79 Å². The maximum atomic E-state index is 13.8. The maximum Gasteiger partial charge on any atom is 0.257 e. The van der Waals surface area contributed by atoms with Gasteiger partial charge in [0.25, 0.3) is 5.91 Å². The van der Waals surface area contributed by atoms with Gasteiger partial charge < -0.3 is 25.2 Å². The summed E-state index contributed by atoms with van der Waals surface area (Å²) in [7, 11) is 3.97. The van der Waals surface area contributed by atoms with Crippen molar-refractivity contribution in [3.63, 3.8) is 0 Å². The van der Waals surface area contributed by atoms with Crippen molar-refractivity contribution < 1.29 is 9.53 Å². The number of rotatable bonds is 2. The zero-order chi connectivity index (χ0) is 26.1. The molecule has 9 heteroatoms. The van der Waals surface area contributed by atoms with Crippen LogP contribution in [0.3, 0.4) is 0 Å². The largest absolute Gasteiger partial charge is 0.493 e. The second kappa shape index (κ2) is 10.6. The van der Waals surface area contributed by atoms with Gasteiger partial charge in [0.05, 0.1) is 23.9 Å². The molecule has 2 N–H and O–H groups in total. The van der Waals surface area contributed by atoms with Crippen molar-refractivity contribution in [3.8, 4) is 5.75 Å². The fourth-order valence-corrected chi connectivity index (χ4v) is 5.43. The van der Waals surface area contributed by atoms with Gasteiger partial charge in [0, 0.05) is 51.9 Å². The van der Waals surface area contributed by atoms with Gasteiger partial charge in [-0.1, -0.05) is 18.6 Å². The van der Waals surface area contributed by atoms with Crippen LogP contribution in [0.15, 0.2) is 30.3 Å². The molecule has 0 unspecified atom stereocenters. The van der Waals surface area contributed by atoms with Crippen LogP contribution in [-0.2, 0) is 0 Å². The van der Waals surface area contributed by atoms with Crippen LogP contribution in [0, 0.1) is 6.92 Å². The number of hydrogen-bond donors (Lipinski definition) is 1. The van der Waals surface area contributed by atoms with Crippen molar-refractivity contribution in [2.75, 3.05) is 50.1 Å². The predicted molar refractivity (Wildman–Crippen MR) is 147 cm³/mol. The number of benzene rings is 1. The first-order chi connectivity index (χ1) is 17.9. The summed E-state index contributed by atoms with van der Waals surface area (Å²) >= 11 is 0. The molecule has 2 aromatic heterocycles. The van der Waals surface area contributed by atoms with Crippen LogP contribution >= 0.6 is 0 Å². The van der Waals surface area contributed by atoms with Gasteiger partial charge >= 0.3 is 0 Å². The number of carbonyl (C=O) groups excluding carboxylic acids is 1. The molecule has 4 heterocycles. The Labute approximate surface area is 219 Å². The first-order valence-electron chi connectivity index (χ1n) is 13.5. The van der Waals surface area contributed by atoms with E-state index >= 15 is 0 Å². The standard InChI is InChI=1S/C28H39N7O2/c1-5-23-22-16-26-30-25(34-13-11-20(29)18-34)17-27(35(26)31-22)32(3)12-7-6-8-14-37-24-10-9-19(2)15-21(24)28(36)33(23)4/h9-10,15-17,20,23H,5-8,11-14,18,29H2,1-4H3/t20-,23-/m0/s1. The maximum absolute atomic E-state index is 13.8. The van der Waals surface area contributed by atoms with E-state index in [1.807, 2.05) is 42.8 Å². The molecule has 5 rings (SSSR count). The lowest BCUT2D eigenvalue weighted by Crippen LogP contribution is -2.32. The third-order valence-electron chi connectivity index (χ3n) is 7.63. The van der Waals surface area contributed by atoms with Crippen LogP contribution in [0.25, 0.3) is 5.65 Å². The Morgan fingerprint density at radius 2 is 1.95 bits per heavy atom. The van der Waals surface area contributed by atoms with E-state index in [1.165, 1.54) is 0 Å². The van der Waals surface area contributed by atoms with Crippen molar-refractivity contribution >= 4 is 23.2 Å². The summed E-state index contributed by atoms with van der Waals surface area (Å²) in [6.07, 6.45) is 4.69. The van der Waals surface area contributed by atoms with E-state index in [0.717, 1.165) is 80.3 Å². The summed E-state index contributed by atoms with van der Waals surface area (Å²) in [6.45, 7) is 7.29. The highest BCUT2D eigenvalue weighted by Crippen LogP contribution is 2.31. The number of nitrogens with zero attached hydrogens (tertiary/aromatic N) is 6. The third-order valence-corrected chi connectivity index (χ3v) is 7.63. The van der Waals surface area contributed by atoms with Crippen LogP contribution in [0.1, 0.15) is 66.7 Å². The molecule has 0 aliphatic carbocycles. The van der Waals surface area contributed by atoms with Crippen molar-refractivity contribution in [3.05, 3.63) is 47.2 Å². The molecule has 37 heavy (non-hydrogen) atoms. The normalized spacial score (nSPS) is 21.5. The predicted octanol–water partition coefficient (Wildman–Crippen LogP) is 3.80. The minimum Gasteiger partial charge on any atom is -0.493 e. The number of anilines is 2. The molecule has 1 saturated heterocycles. The Morgan fingerprint density at radius 3 is 2.70 bits per heavy atom. The minimum absolute atomic E-state index is 0.0632.